The van der Waals surface area contributed by atoms with Crippen molar-refractivity contribution in [2.45, 2.75) is 6.54 Å². The van der Waals surface area contributed by atoms with E-state index in [4.69, 9.17) is 5.11 Å². The molecule has 5 heteroatoms. The van der Waals surface area contributed by atoms with Crippen LogP contribution in [-0.2, 0) is 11.3 Å². The van der Waals surface area contributed by atoms with Gasteiger partial charge in [0, 0.05) is 0 Å². The van der Waals surface area contributed by atoms with Gasteiger partial charge in [-0.05, 0) is 12.1 Å². The highest BCUT2D eigenvalue weighted by atomic mass is 19.2. The van der Waals surface area contributed by atoms with E-state index in [1.54, 1.807) is 0 Å². The van der Waals surface area contributed by atoms with Crippen LogP contribution in [0.25, 0.3) is 0 Å². The summed E-state index contributed by atoms with van der Waals surface area (Å²) in [6.45, 7) is -0.418. The molecule has 0 spiro atoms. The van der Waals surface area contributed by atoms with Crippen LogP contribution in [0, 0.1) is 11.6 Å². The lowest BCUT2D eigenvalue weighted by molar-refractivity contribution is 0.442. The summed E-state index contributed by atoms with van der Waals surface area (Å²) in [6.07, 6.45) is 1.16. The Hall–Kier alpha value is -1.74. The third-order valence-corrected chi connectivity index (χ3v) is 1.47. The zero-order valence-electron chi connectivity index (χ0n) is 6.42. The average molecular weight is 185 g/mol. The first-order chi connectivity index (χ1) is 6.16. The Balaban J connectivity index is 3.16. The van der Waals surface area contributed by atoms with E-state index in [9.17, 15) is 13.6 Å². The first-order valence-corrected chi connectivity index (χ1v) is 3.36. The minimum Gasteiger partial charge on any atom is -0.507 e. The number of hydrogen-bond donors (Lipinski definition) is 1. The predicted octanol–water partition coefficient (Wildman–Crippen LogP) is 1.51. The van der Waals surface area contributed by atoms with Crippen LogP contribution in [0.5, 0.6) is 5.75 Å². The summed E-state index contributed by atoms with van der Waals surface area (Å²) >= 11 is 0. The summed E-state index contributed by atoms with van der Waals surface area (Å²) in [7, 11) is 0. The van der Waals surface area contributed by atoms with Crippen molar-refractivity contribution in [2.24, 2.45) is 4.99 Å². The molecule has 0 heterocycles. The smallest absolute Gasteiger partial charge is 0.235 e. The largest absolute Gasteiger partial charge is 0.507 e. The van der Waals surface area contributed by atoms with Crippen molar-refractivity contribution >= 4 is 6.08 Å². The third-order valence-electron chi connectivity index (χ3n) is 1.47. The van der Waals surface area contributed by atoms with Crippen LogP contribution >= 0.6 is 0 Å². The number of phenols is 1. The normalized spacial score (nSPS) is 9.38. The molecule has 0 aromatic heterocycles. The van der Waals surface area contributed by atoms with Gasteiger partial charge in [0.15, 0.2) is 11.6 Å². The van der Waals surface area contributed by atoms with Gasteiger partial charge in [-0.15, -0.1) is 0 Å². The quantitative estimate of drug-likeness (QED) is 0.560. The Morgan fingerprint density at radius 2 is 2.15 bits per heavy atom. The van der Waals surface area contributed by atoms with E-state index < -0.39 is 23.9 Å². The molecule has 0 bridgehead atoms. The fraction of sp³-hybridized carbons (Fsp3) is 0.125. The van der Waals surface area contributed by atoms with Gasteiger partial charge in [0.25, 0.3) is 0 Å². The molecule has 0 saturated carbocycles. The number of aromatic hydroxyl groups is 1. The van der Waals surface area contributed by atoms with E-state index in [1.165, 1.54) is 0 Å². The lowest BCUT2D eigenvalue weighted by Crippen LogP contribution is -1.93. The maximum Gasteiger partial charge on any atom is 0.235 e. The third kappa shape index (κ3) is 1.89. The topological polar surface area (TPSA) is 49.7 Å². The van der Waals surface area contributed by atoms with E-state index >= 15 is 0 Å². The monoisotopic (exact) mass is 185 g/mol. The zero-order chi connectivity index (χ0) is 9.84. The Morgan fingerprint density at radius 3 is 2.77 bits per heavy atom. The minimum atomic E-state index is -1.20. The number of isocyanates is 1. The van der Waals surface area contributed by atoms with Crippen LogP contribution in [-0.4, -0.2) is 11.2 Å². The number of benzene rings is 1. The molecule has 0 aliphatic rings. The molecular weight excluding hydrogens is 180 g/mol. The van der Waals surface area contributed by atoms with Gasteiger partial charge in [0.1, 0.15) is 5.75 Å². The van der Waals surface area contributed by atoms with E-state index in [0.717, 1.165) is 18.2 Å². The van der Waals surface area contributed by atoms with Crippen LogP contribution in [0.2, 0.25) is 0 Å². The first-order valence-electron chi connectivity index (χ1n) is 3.36. The molecule has 0 aliphatic carbocycles. The fourth-order valence-corrected chi connectivity index (χ4v) is 0.844. The molecule has 0 atom stereocenters. The van der Waals surface area contributed by atoms with Crippen molar-refractivity contribution in [2.75, 3.05) is 0 Å². The molecule has 1 aromatic rings. The number of halogens is 2. The molecule has 1 rings (SSSR count). The van der Waals surface area contributed by atoms with Crippen molar-refractivity contribution in [3.8, 4) is 5.75 Å². The van der Waals surface area contributed by atoms with Gasteiger partial charge in [-0.25, -0.2) is 18.6 Å². The van der Waals surface area contributed by atoms with Crippen molar-refractivity contribution < 1.29 is 18.7 Å². The van der Waals surface area contributed by atoms with Crippen LogP contribution in [0.1, 0.15) is 5.56 Å². The predicted molar refractivity (Wildman–Crippen MR) is 39.8 cm³/mol. The van der Waals surface area contributed by atoms with Gasteiger partial charge < -0.3 is 5.11 Å². The van der Waals surface area contributed by atoms with Crippen molar-refractivity contribution in [1.29, 1.82) is 0 Å². The van der Waals surface area contributed by atoms with Crippen LogP contribution in [0.4, 0.5) is 8.78 Å². The highest BCUT2D eigenvalue weighted by Gasteiger charge is 2.11. The molecule has 0 fully saturated rings. The van der Waals surface area contributed by atoms with E-state index in [0.29, 0.717) is 0 Å². The molecule has 13 heavy (non-hydrogen) atoms. The summed E-state index contributed by atoms with van der Waals surface area (Å²) in [5.41, 5.74) is -0.344. The minimum absolute atomic E-state index is 0.344. The highest BCUT2D eigenvalue weighted by Crippen LogP contribution is 2.22. The summed E-state index contributed by atoms with van der Waals surface area (Å²) in [6, 6.07) is 1.78. The van der Waals surface area contributed by atoms with Crippen molar-refractivity contribution in [3.63, 3.8) is 0 Å². The van der Waals surface area contributed by atoms with Crippen molar-refractivity contribution in [3.05, 3.63) is 29.3 Å². The van der Waals surface area contributed by atoms with E-state index in [2.05, 4.69) is 4.99 Å². The second-order valence-electron chi connectivity index (χ2n) is 2.27. The maximum absolute atomic E-state index is 12.9. The Labute approximate surface area is 72.3 Å². The molecule has 0 aliphatic heterocycles. The molecular formula is C8H5F2NO2. The van der Waals surface area contributed by atoms with E-state index in [1.807, 2.05) is 0 Å². The van der Waals surface area contributed by atoms with Crippen LogP contribution < -0.4 is 0 Å². The van der Waals surface area contributed by atoms with Crippen LogP contribution in [0.3, 0.4) is 0 Å². The lowest BCUT2D eigenvalue weighted by atomic mass is 10.2. The zero-order valence-corrected chi connectivity index (χ0v) is 6.42. The molecule has 0 saturated heterocycles. The second kappa shape index (κ2) is 3.78. The first kappa shape index (κ1) is 9.35. The molecule has 0 unspecified atom stereocenters. The lowest BCUT2D eigenvalue weighted by Gasteiger charge is -2.02. The number of carbonyl (C=O) groups excluding carboxylic acids is 1. The molecule has 1 N–H and O–H groups in total. The van der Waals surface area contributed by atoms with Gasteiger partial charge in [-0.3, -0.25) is 0 Å². The van der Waals surface area contributed by atoms with E-state index in [-0.39, 0.29) is 5.56 Å². The molecule has 0 amide bonds. The number of rotatable bonds is 2. The number of hydrogen-bond acceptors (Lipinski definition) is 3. The number of phenolic OH excluding ortho intramolecular Hbond substituents is 1. The summed E-state index contributed by atoms with van der Waals surface area (Å²) in [4.78, 5) is 12.7. The maximum atomic E-state index is 12.9. The van der Waals surface area contributed by atoms with Crippen LogP contribution in [0.15, 0.2) is 17.1 Å². The molecule has 3 nitrogen and oxygen atoms in total. The fourth-order valence-electron chi connectivity index (χ4n) is 0.844. The Morgan fingerprint density at radius 1 is 1.46 bits per heavy atom. The standard InChI is InChI=1S/C8H5F2NO2/c9-6-1-2-7(13)5(8(6)10)3-11-4-12/h1-2,13H,3H2. The summed E-state index contributed by atoms with van der Waals surface area (Å²) in [5, 5.41) is 9.05. The average Bonchev–Trinajstić information content (AvgIpc) is 2.12. The SMILES string of the molecule is O=C=NCc1c(O)ccc(F)c1F. The van der Waals surface area contributed by atoms with Gasteiger partial charge in [0.2, 0.25) is 6.08 Å². The molecule has 68 valence electrons. The Kier molecular flexibility index (Phi) is 2.72. The van der Waals surface area contributed by atoms with Crippen molar-refractivity contribution in [1.82, 2.24) is 0 Å². The second-order valence-corrected chi connectivity index (χ2v) is 2.27. The molecule has 0 radical (unpaired) electrons. The van der Waals surface area contributed by atoms with Gasteiger partial charge in [-0.2, -0.15) is 0 Å². The summed E-state index contributed by atoms with van der Waals surface area (Å²) < 4.78 is 25.4. The van der Waals surface area contributed by atoms with Gasteiger partial charge in [-0.1, -0.05) is 0 Å². The molecule has 1 aromatic carbocycles. The van der Waals surface area contributed by atoms with Gasteiger partial charge in [0.05, 0.1) is 12.1 Å². The number of aliphatic imine (C=N–C) groups is 1. The number of nitrogens with zero attached hydrogens (tertiary/aromatic N) is 1. The highest BCUT2D eigenvalue weighted by molar-refractivity contribution is 5.38. The van der Waals surface area contributed by atoms with Gasteiger partial charge >= 0.3 is 0 Å². The Bertz CT molecular complexity index is 373. The summed E-state index contributed by atoms with van der Waals surface area (Å²) in [5.74, 6) is -2.72.